The molecule has 0 radical (unpaired) electrons. The Balaban J connectivity index is 1.42. The van der Waals surface area contributed by atoms with Gasteiger partial charge in [0.1, 0.15) is 25.2 Å². The maximum absolute atomic E-state index is 12.8. The number of hydrogen-bond donors (Lipinski definition) is 1. The van der Waals surface area contributed by atoms with Crippen LogP contribution in [0.25, 0.3) is 0 Å². The van der Waals surface area contributed by atoms with Crippen molar-refractivity contribution in [2.24, 2.45) is 45.3 Å². The van der Waals surface area contributed by atoms with Crippen molar-refractivity contribution in [3.63, 3.8) is 0 Å². The molecule has 1 N–H and O–H groups in total. The van der Waals surface area contributed by atoms with E-state index >= 15 is 0 Å². The second kappa shape index (κ2) is 11.9. The zero-order valence-electron chi connectivity index (χ0n) is 29.9. The molecule has 4 aliphatic carbocycles. The summed E-state index contributed by atoms with van der Waals surface area (Å²) in [5.41, 5.74) is -1.62. The third-order valence-electron chi connectivity index (χ3n) is 14.4. The fraction of sp³-hybridized carbons (Fsp3) is 0.868. The molecule has 46 heavy (non-hydrogen) atoms. The molecule has 5 rings (SSSR count). The number of ether oxygens (including phenoxy) is 4. The van der Waals surface area contributed by atoms with Gasteiger partial charge in [0.25, 0.3) is 0 Å². The van der Waals surface area contributed by atoms with E-state index in [1.807, 2.05) is 13.8 Å². The molecule has 8 heteroatoms. The standard InChI is InChI=1S/C38H60O8/c1-11-20-43-30(40)22-31(41)45-28-14-16-35(7)26(33(28,3)4)13-18-36(8)27(35)21-25(44-23(2)39)32-24(12-17-37(32,36)9)38(10)19-15-29(46-38)34(5,6)42/h11,24-29,32,42H,1,12-22H2,2-10H3/t24-,25+,26-,27+,28+,29+,32-,35-,36+,37+,38-/m0/s1. The quantitative estimate of drug-likeness (QED) is 0.131. The van der Waals surface area contributed by atoms with Gasteiger partial charge in [0.05, 0.1) is 17.3 Å². The van der Waals surface area contributed by atoms with E-state index in [4.69, 9.17) is 18.9 Å². The number of aliphatic hydroxyl groups is 1. The van der Waals surface area contributed by atoms with E-state index in [2.05, 4.69) is 48.1 Å². The van der Waals surface area contributed by atoms with E-state index in [-0.39, 0.29) is 70.0 Å². The summed E-state index contributed by atoms with van der Waals surface area (Å²) >= 11 is 0. The largest absolute Gasteiger partial charge is 0.462 e. The van der Waals surface area contributed by atoms with Gasteiger partial charge in [0.15, 0.2) is 0 Å². The number of fused-ring (bicyclic) bond motifs is 5. The van der Waals surface area contributed by atoms with E-state index in [9.17, 15) is 19.5 Å². The molecule has 260 valence electrons. The van der Waals surface area contributed by atoms with Gasteiger partial charge < -0.3 is 24.1 Å². The van der Waals surface area contributed by atoms with E-state index in [0.717, 1.165) is 57.8 Å². The molecule has 0 amide bonds. The van der Waals surface area contributed by atoms with E-state index in [0.29, 0.717) is 11.8 Å². The van der Waals surface area contributed by atoms with Gasteiger partial charge in [0.2, 0.25) is 0 Å². The fourth-order valence-electron chi connectivity index (χ4n) is 12.1. The normalized spacial score (nSPS) is 44.7. The average molecular weight is 645 g/mol. The van der Waals surface area contributed by atoms with E-state index in [1.54, 1.807) is 0 Å². The van der Waals surface area contributed by atoms with Crippen LogP contribution in [0, 0.1) is 45.3 Å². The van der Waals surface area contributed by atoms with E-state index < -0.39 is 24.0 Å². The highest BCUT2D eigenvalue weighted by Gasteiger charge is 2.72. The van der Waals surface area contributed by atoms with Crippen molar-refractivity contribution in [3.05, 3.63) is 12.7 Å². The Hall–Kier alpha value is -1.93. The molecule has 0 aromatic heterocycles. The molecule has 1 heterocycles. The third-order valence-corrected chi connectivity index (χ3v) is 14.4. The van der Waals surface area contributed by atoms with Crippen molar-refractivity contribution in [2.45, 2.75) is 156 Å². The van der Waals surface area contributed by atoms with Crippen molar-refractivity contribution in [1.82, 2.24) is 0 Å². The molecule has 0 bridgehead atoms. The highest BCUT2D eigenvalue weighted by Crippen LogP contribution is 2.76. The minimum absolute atomic E-state index is 0.0352. The van der Waals surface area contributed by atoms with Crippen molar-refractivity contribution >= 4 is 17.9 Å². The first kappa shape index (κ1) is 35.4. The molecular formula is C38H60O8. The lowest BCUT2D eigenvalue weighted by Gasteiger charge is -2.70. The minimum Gasteiger partial charge on any atom is -0.462 e. The summed E-state index contributed by atoms with van der Waals surface area (Å²) in [6.45, 7) is 23.0. The van der Waals surface area contributed by atoms with Crippen LogP contribution in [0.2, 0.25) is 0 Å². The lowest BCUT2D eigenvalue weighted by molar-refractivity contribution is -0.254. The minimum atomic E-state index is -0.902. The number of rotatable bonds is 8. The van der Waals surface area contributed by atoms with Gasteiger partial charge in [0, 0.05) is 18.3 Å². The first-order chi connectivity index (χ1) is 21.2. The van der Waals surface area contributed by atoms with Crippen molar-refractivity contribution < 1.29 is 38.4 Å². The summed E-state index contributed by atoms with van der Waals surface area (Å²) in [6, 6.07) is 0. The molecule has 0 aromatic rings. The Morgan fingerprint density at radius 1 is 0.891 bits per heavy atom. The Morgan fingerprint density at radius 3 is 2.17 bits per heavy atom. The topological polar surface area (TPSA) is 108 Å². The molecular weight excluding hydrogens is 584 g/mol. The zero-order chi connectivity index (χ0) is 34.1. The van der Waals surface area contributed by atoms with Crippen molar-refractivity contribution in [1.29, 1.82) is 0 Å². The van der Waals surface area contributed by atoms with Gasteiger partial charge in [-0.3, -0.25) is 14.4 Å². The van der Waals surface area contributed by atoms with Crippen LogP contribution < -0.4 is 0 Å². The van der Waals surface area contributed by atoms with Crippen LogP contribution in [0.15, 0.2) is 12.7 Å². The molecule has 11 atom stereocenters. The van der Waals surface area contributed by atoms with Crippen molar-refractivity contribution in [2.75, 3.05) is 6.61 Å². The summed E-state index contributed by atoms with van der Waals surface area (Å²) in [4.78, 5) is 37.6. The smallest absolute Gasteiger partial charge is 0.317 e. The summed E-state index contributed by atoms with van der Waals surface area (Å²) < 4.78 is 24.1. The Morgan fingerprint density at radius 2 is 1.57 bits per heavy atom. The second-order valence-electron chi connectivity index (χ2n) is 17.6. The van der Waals surface area contributed by atoms with Gasteiger partial charge >= 0.3 is 17.9 Å². The van der Waals surface area contributed by atoms with Crippen LogP contribution in [0.5, 0.6) is 0 Å². The Kier molecular flexibility index (Phi) is 9.14. The molecule has 0 unspecified atom stereocenters. The molecule has 5 aliphatic rings. The van der Waals surface area contributed by atoms with Crippen LogP contribution >= 0.6 is 0 Å². The molecule has 0 spiro atoms. The Labute approximate surface area is 276 Å². The SMILES string of the molecule is C=CCOC(=O)CC(=O)O[C@@H]1CC[C@]2(C)[C@H]3C[C@@H](OC(C)=O)[C@@H]4[C@@H]([C@]5(C)CC[C@H](C(C)(C)O)O5)CC[C@@]4(C)[C@]3(C)CC[C@H]2C1(C)C. The second-order valence-corrected chi connectivity index (χ2v) is 17.6. The summed E-state index contributed by atoms with van der Waals surface area (Å²) in [5.74, 6) is -0.318. The van der Waals surface area contributed by atoms with Gasteiger partial charge in [-0.15, -0.1) is 0 Å². The van der Waals surface area contributed by atoms with E-state index in [1.165, 1.54) is 13.0 Å². The lowest BCUT2D eigenvalue weighted by atomic mass is 9.35. The maximum Gasteiger partial charge on any atom is 0.317 e. The van der Waals surface area contributed by atoms with Gasteiger partial charge in [-0.25, -0.2) is 0 Å². The Bertz CT molecular complexity index is 1220. The summed E-state index contributed by atoms with van der Waals surface area (Å²) in [7, 11) is 0. The first-order valence-electron chi connectivity index (χ1n) is 17.8. The number of carbonyl (C=O) groups is 3. The summed E-state index contributed by atoms with van der Waals surface area (Å²) in [6.07, 6.45) is 8.74. The van der Waals surface area contributed by atoms with Crippen LogP contribution in [-0.4, -0.2) is 59.1 Å². The number of carbonyl (C=O) groups excluding carboxylic acids is 3. The fourth-order valence-corrected chi connectivity index (χ4v) is 12.1. The number of hydrogen-bond acceptors (Lipinski definition) is 8. The van der Waals surface area contributed by atoms with Crippen molar-refractivity contribution in [3.8, 4) is 0 Å². The van der Waals surface area contributed by atoms with Gasteiger partial charge in [-0.1, -0.05) is 47.3 Å². The first-order valence-corrected chi connectivity index (χ1v) is 17.8. The molecule has 5 fully saturated rings. The predicted molar refractivity (Wildman–Crippen MR) is 174 cm³/mol. The molecule has 1 aliphatic heterocycles. The van der Waals surface area contributed by atoms with Crippen LogP contribution in [0.4, 0.5) is 0 Å². The summed E-state index contributed by atoms with van der Waals surface area (Å²) in [5, 5.41) is 10.8. The number of esters is 3. The molecule has 1 saturated heterocycles. The molecule has 0 aromatic carbocycles. The van der Waals surface area contributed by atoms with Crippen LogP contribution in [0.1, 0.15) is 127 Å². The molecule has 4 saturated carbocycles. The highest BCUT2D eigenvalue weighted by atomic mass is 16.6. The zero-order valence-corrected chi connectivity index (χ0v) is 29.9. The van der Waals surface area contributed by atoms with Gasteiger partial charge in [-0.2, -0.15) is 0 Å². The lowest BCUT2D eigenvalue weighted by Crippen LogP contribution is -2.67. The maximum atomic E-state index is 12.8. The highest BCUT2D eigenvalue weighted by molar-refractivity contribution is 5.91. The van der Waals surface area contributed by atoms with Crippen LogP contribution in [0.3, 0.4) is 0 Å². The van der Waals surface area contributed by atoms with Gasteiger partial charge in [-0.05, 0) is 113 Å². The molecule has 8 nitrogen and oxygen atoms in total. The predicted octanol–water partition coefficient (Wildman–Crippen LogP) is 6.95. The monoisotopic (exact) mass is 644 g/mol. The third kappa shape index (κ3) is 5.65. The van der Waals surface area contributed by atoms with Crippen LogP contribution in [-0.2, 0) is 33.3 Å². The average Bonchev–Trinajstić information content (AvgIpc) is 3.53.